The summed E-state index contributed by atoms with van der Waals surface area (Å²) in [6.45, 7) is 11.1. The molecule has 31 heavy (non-hydrogen) atoms. The zero-order chi connectivity index (χ0) is 22.4. The van der Waals surface area contributed by atoms with E-state index in [-0.39, 0.29) is 5.91 Å². The van der Waals surface area contributed by atoms with Crippen LogP contribution in [0.25, 0.3) is 0 Å². The van der Waals surface area contributed by atoms with Gasteiger partial charge in [-0.3, -0.25) is 4.79 Å². The van der Waals surface area contributed by atoms with Gasteiger partial charge in [-0.05, 0) is 68.1 Å². The van der Waals surface area contributed by atoms with E-state index in [0.717, 1.165) is 39.4 Å². The zero-order valence-corrected chi connectivity index (χ0v) is 19.0. The second-order valence-corrected chi connectivity index (χ2v) is 8.01. The summed E-state index contributed by atoms with van der Waals surface area (Å²) in [4.78, 5) is 12.9. The molecule has 162 valence electrons. The molecule has 0 spiro atoms. The van der Waals surface area contributed by atoms with Crippen molar-refractivity contribution in [2.45, 2.75) is 47.1 Å². The number of para-hydroxylation sites is 1. The van der Waals surface area contributed by atoms with Crippen LogP contribution in [0, 0.1) is 13.8 Å². The maximum absolute atomic E-state index is 12.9. The molecule has 0 radical (unpaired) electrons. The third-order valence-corrected chi connectivity index (χ3v) is 5.18. The van der Waals surface area contributed by atoms with Crippen molar-refractivity contribution in [2.75, 3.05) is 11.9 Å². The van der Waals surface area contributed by atoms with Gasteiger partial charge in [0.1, 0.15) is 18.1 Å². The maximum Gasteiger partial charge on any atom is 0.255 e. The number of hydrogen-bond donors (Lipinski definition) is 1. The van der Waals surface area contributed by atoms with Gasteiger partial charge in [-0.1, -0.05) is 49.7 Å². The van der Waals surface area contributed by atoms with Crippen molar-refractivity contribution < 1.29 is 14.3 Å². The van der Waals surface area contributed by atoms with Gasteiger partial charge in [-0.15, -0.1) is 0 Å². The Hall–Kier alpha value is -3.27. The molecule has 0 saturated carbocycles. The molecule has 0 atom stereocenters. The molecular weight excluding hydrogens is 386 g/mol. The van der Waals surface area contributed by atoms with Gasteiger partial charge in [-0.25, -0.2) is 0 Å². The lowest BCUT2D eigenvalue weighted by Gasteiger charge is -2.16. The summed E-state index contributed by atoms with van der Waals surface area (Å²) in [7, 11) is 0. The fourth-order valence-corrected chi connectivity index (χ4v) is 3.52. The molecule has 1 amide bonds. The second kappa shape index (κ2) is 10.2. The Morgan fingerprint density at radius 1 is 0.935 bits per heavy atom. The number of ether oxygens (including phenoxy) is 2. The highest BCUT2D eigenvalue weighted by Gasteiger charge is 2.14. The molecule has 1 N–H and O–H groups in total. The molecule has 0 unspecified atom stereocenters. The van der Waals surface area contributed by atoms with E-state index in [4.69, 9.17) is 9.47 Å². The van der Waals surface area contributed by atoms with E-state index >= 15 is 0 Å². The van der Waals surface area contributed by atoms with Crippen molar-refractivity contribution in [2.24, 2.45) is 0 Å². The number of hydrogen-bond acceptors (Lipinski definition) is 3. The third-order valence-electron chi connectivity index (χ3n) is 5.18. The SMILES string of the molecule is CCOc1ccc(C(=O)Nc2ccc(C)cc2C)cc1COc1ccccc1C(C)C. The van der Waals surface area contributed by atoms with Gasteiger partial charge in [0.2, 0.25) is 0 Å². The minimum Gasteiger partial charge on any atom is -0.493 e. The van der Waals surface area contributed by atoms with Crippen molar-refractivity contribution in [3.63, 3.8) is 0 Å². The standard InChI is InChI=1S/C27H31NO3/c1-6-30-25-14-12-21(27(29)28-24-13-11-19(4)15-20(24)5)16-22(25)17-31-26-10-8-7-9-23(26)18(2)3/h7-16,18H,6,17H2,1-5H3,(H,28,29). The summed E-state index contributed by atoms with van der Waals surface area (Å²) in [5.74, 6) is 1.79. The fourth-order valence-electron chi connectivity index (χ4n) is 3.52. The van der Waals surface area contributed by atoms with E-state index in [1.165, 1.54) is 0 Å². The molecular formula is C27H31NO3. The fraction of sp³-hybridized carbons (Fsp3) is 0.296. The summed E-state index contributed by atoms with van der Waals surface area (Å²) in [5.41, 5.74) is 5.58. The minimum absolute atomic E-state index is 0.154. The zero-order valence-electron chi connectivity index (χ0n) is 19.0. The van der Waals surface area contributed by atoms with Crippen molar-refractivity contribution >= 4 is 11.6 Å². The summed E-state index contributed by atoms with van der Waals surface area (Å²) in [6.07, 6.45) is 0. The Bertz CT molecular complexity index is 1060. The van der Waals surface area contributed by atoms with Gasteiger partial charge < -0.3 is 14.8 Å². The Balaban J connectivity index is 1.83. The van der Waals surface area contributed by atoms with E-state index < -0.39 is 0 Å². The van der Waals surface area contributed by atoms with Gasteiger partial charge in [0.15, 0.2) is 0 Å². The molecule has 0 aliphatic carbocycles. The van der Waals surface area contributed by atoms with Crippen LogP contribution >= 0.6 is 0 Å². The van der Waals surface area contributed by atoms with Gasteiger partial charge >= 0.3 is 0 Å². The van der Waals surface area contributed by atoms with Crippen molar-refractivity contribution in [3.05, 3.63) is 88.5 Å². The van der Waals surface area contributed by atoms with Crippen LogP contribution in [0.3, 0.4) is 0 Å². The number of aryl methyl sites for hydroxylation is 2. The van der Waals surface area contributed by atoms with Gasteiger partial charge in [0.25, 0.3) is 5.91 Å². The number of carbonyl (C=O) groups is 1. The van der Waals surface area contributed by atoms with Crippen LogP contribution in [-0.4, -0.2) is 12.5 Å². The monoisotopic (exact) mass is 417 g/mol. The molecule has 0 saturated heterocycles. The van der Waals surface area contributed by atoms with Crippen molar-refractivity contribution in [1.29, 1.82) is 0 Å². The van der Waals surface area contributed by atoms with Crippen LogP contribution in [0.1, 0.15) is 59.3 Å². The lowest BCUT2D eigenvalue weighted by molar-refractivity contribution is 0.102. The quantitative estimate of drug-likeness (QED) is 0.446. The predicted molar refractivity (Wildman–Crippen MR) is 126 cm³/mol. The first-order valence-corrected chi connectivity index (χ1v) is 10.7. The van der Waals surface area contributed by atoms with Crippen LogP contribution in [0.5, 0.6) is 11.5 Å². The number of rotatable bonds is 8. The molecule has 0 aliphatic rings. The Kier molecular flexibility index (Phi) is 7.35. The van der Waals surface area contributed by atoms with Gasteiger partial charge in [0.05, 0.1) is 6.61 Å². The summed E-state index contributed by atoms with van der Waals surface area (Å²) in [6, 6.07) is 19.5. The predicted octanol–water partition coefficient (Wildman–Crippen LogP) is 6.66. The second-order valence-electron chi connectivity index (χ2n) is 8.01. The lowest BCUT2D eigenvalue weighted by Crippen LogP contribution is -2.14. The number of nitrogens with one attached hydrogen (secondary N) is 1. The third kappa shape index (κ3) is 5.66. The Morgan fingerprint density at radius 2 is 1.71 bits per heavy atom. The van der Waals surface area contributed by atoms with E-state index in [1.807, 2.05) is 63.2 Å². The topological polar surface area (TPSA) is 47.6 Å². The number of anilines is 1. The molecule has 0 fully saturated rings. The van der Waals surface area contributed by atoms with Crippen LogP contribution in [0.2, 0.25) is 0 Å². The normalized spacial score (nSPS) is 10.8. The average molecular weight is 418 g/mol. The van der Waals surface area contributed by atoms with Crippen molar-refractivity contribution in [3.8, 4) is 11.5 Å². The Morgan fingerprint density at radius 3 is 2.42 bits per heavy atom. The first kappa shape index (κ1) is 22.4. The number of carbonyl (C=O) groups excluding carboxylic acids is 1. The van der Waals surface area contributed by atoms with Crippen LogP contribution < -0.4 is 14.8 Å². The van der Waals surface area contributed by atoms with Gasteiger partial charge in [0, 0.05) is 16.8 Å². The first-order valence-electron chi connectivity index (χ1n) is 10.7. The average Bonchev–Trinajstić information content (AvgIpc) is 2.75. The van der Waals surface area contributed by atoms with E-state index in [9.17, 15) is 4.79 Å². The van der Waals surface area contributed by atoms with E-state index in [0.29, 0.717) is 24.7 Å². The molecule has 4 heteroatoms. The molecule has 3 rings (SSSR count). The van der Waals surface area contributed by atoms with Crippen molar-refractivity contribution in [1.82, 2.24) is 0 Å². The highest BCUT2D eigenvalue weighted by molar-refractivity contribution is 6.04. The summed E-state index contributed by atoms with van der Waals surface area (Å²) >= 11 is 0. The molecule has 0 bridgehead atoms. The lowest BCUT2D eigenvalue weighted by atomic mass is 10.0. The molecule has 0 aromatic heterocycles. The smallest absolute Gasteiger partial charge is 0.255 e. The summed E-state index contributed by atoms with van der Waals surface area (Å²) in [5, 5.41) is 3.01. The molecule has 3 aromatic carbocycles. The van der Waals surface area contributed by atoms with E-state index in [2.05, 4.69) is 31.3 Å². The minimum atomic E-state index is -0.154. The largest absolute Gasteiger partial charge is 0.493 e. The van der Waals surface area contributed by atoms with Crippen LogP contribution in [-0.2, 0) is 6.61 Å². The number of benzene rings is 3. The van der Waals surface area contributed by atoms with Gasteiger partial charge in [-0.2, -0.15) is 0 Å². The highest BCUT2D eigenvalue weighted by Crippen LogP contribution is 2.29. The number of amides is 1. The molecule has 0 heterocycles. The molecule has 0 aliphatic heterocycles. The van der Waals surface area contributed by atoms with Crippen LogP contribution in [0.4, 0.5) is 5.69 Å². The Labute approximate surface area is 185 Å². The highest BCUT2D eigenvalue weighted by atomic mass is 16.5. The molecule has 4 nitrogen and oxygen atoms in total. The van der Waals surface area contributed by atoms with Crippen LogP contribution in [0.15, 0.2) is 60.7 Å². The molecule has 3 aromatic rings. The van der Waals surface area contributed by atoms with E-state index in [1.54, 1.807) is 6.07 Å². The summed E-state index contributed by atoms with van der Waals surface area (Å²) < 4.78 is 11.9. The first-order chi connectivity index (χ1) is 14.9. The maximum atomic E-state index is 12.9.